The number of hydrogen-bond donors (Lipinski definition) is 1. The zero-order valence-electron chi connectivity index (χ0n) is 19.3. The van der Waals surface area contributed by atoms with Gasteiger partial charge in [-0.2, -0.15) is 0 Å². The number of nitro benzene ring substituents is 1. The van der Waals surface area contributed by atoms with Gasteiger partial charge in [0, 0.05) is 17.8 Å². The summed E-state index contributed by atoms with van der Waals surface area (Å²) in [5, 5.41) is 14.9. The van der Waals surface area contributed by atoms with Crippen molar-refractivity contribution in [3.63, 3.8) is 0 Å². The van der Waals surface area contributed by atoms with Crippen LogP contribution in [0.2, 0.25) is 0 Å². The van der Waals surface area contributed by atoms with Crippen LogP contribution in [0.1, 0.15) is 11.1 Å². The molecule has 4 aromatic rings. The van der Waals surface area contributed by atoms with E-state index >= 15 is 0 Å². The van der Waals surface area contributed by atoms with Crippen molar-refractivity contribution in [2.45, 2.75) is 19.0 Å². The first-order valence-corrected chi connectivity index (χ1v) is 11.6. The number of amides is 1. The van der Waals surface area contributed by atoms with Gasteiger partial charge in [-0.1, -0.05) is 42.1 Å². The number of carbonyl (C=O) groups excluding carboxylic acids is 1. The molecule has 0 fully saturated rings. The molecule has 3 aromatic carbocycles. The second-order valence-electron chi connectivity index (χ2n) is 7.77. The Morgan fingerprint density at radius 2 is 1.83 bits per heavy atom. The number of anilines is 1. The molecule has 9 nitrogen and oxygen atoms in total. The van der Waals surface area contributed by atoms with Gasteiger partial charge in [-0.25, -0.2) is 4.98 Å². The number of nitrogens with one attached hydrogen (secondary N) is 1. The number of para-hydroxylation sites is 2. The predicted molar refractivity (Wildman–Crippen MR) is 136 cm³/mol. The van der Waals surface area contributed by atoms with E-state index in [1.165, 1.54) is 23.8 Å². The summed E-state index contributed by atoms with van der Waals surface area (Å²) in [6.45, 7) is 3.57. The molecule has 4 rings (SSSR count). The lowest BCUT2D eigenvalue weighted by Crippen LogP contribution is -2.23. The molecule has 0 spiro atoms. The summed E-state index contributed by atoms with van der Waals surface area (Å²) < 4.78 is 6.62. The van der Waals surface area contributed by atoms with Gasteiger partial charge in [0.15, 0.2) is 10.9 Å². The van der Waals surface area contributed by atoms with Gasteiger partial charge in [0.2, 0.25) is 5.91 Å². The minimum absolute atomic E-state index is 0.0323. The zero-order valence-corrected chi connectivity index (χ0v) is 20.1. The first-order chi connectivity index (χ1) is 16.8. The standard InChI is InChI=1S/C25H22N4O5S/c1-15-8-4-7-11-20(15)28-24(31)17-9-5-6-10-18(17)27-25(28)35-14-23(30)26-19-13-22(34-3)21(29(32)33)12-16(19)2/h4-13H,14H2,1-3H3,(H,26,30). The summed E-state index contributed by atoms with van der Waals surface area (Å²) in [7, 11) is 1.33. The van der Waals surface area contributed by atoms with E-state index in [2.05, 4.69) is 10.3 Å². The third kappa shape index (κ3) is 4.87. The second-order valence-corrected chi connectivity index (χ2v) is 8.71. The van der Waals surface area contributed by atoms with Gasteiger partial charge in [0.05, 0.1) is 34.4 Å². The van der Waals surface area contributed by atoms with Gasteiger partial charge in [-0.05, 0) is 43.2 Å². The number of aromatic nitrogens is 2. The maximum absolute atomic E-state index is 13.4. The van der Waals surface area contributed by atoms with Crippen LogP contribution in [0, 0.1) is 24.0 Å². The fourth-order valence-corrected chi connectivity index (χ4v) is 4.47. The second kappa shape index (κ2) is 9.98. The molecule has 0 unspecified atom stereocenters. The molecular weight excluding hydrogens is 468 g/mol. The average molecular weight is 491 g/mol. The lowest BCUT2D eigenvalue weighted by atomic mass is 10.1. The molecule has 0 aliphatic heterocycles. The van der Waals surface area contributed by atoms with Gasteiger partial charge < -0.3 is 10.1 Å². The molecule has 0 saturated heterocycles. The number of nitrogens with zero attached hydrogens (tertiary/aromatic N) is 3. The van der Waals surface area contributed by atoms with Crippen LogP contribution < -0.4 is 15.6 Å². The lowest BCUT2D eigenvalue weighted by molar-refractivity contribution is -0.385. The summed E-state index contributed by atoms with van der Waals surface area (Å²) in [6.07, 6.45) is 0. The quantitative estimate of drug-likeness (QED) is 0.173. The monoisotopic (exact) mass is 490 g/mol. The third-order valence-corrected chi connectivity index (χ3v) is 6.37. The van der Waals surface area contributed by atoms with Crippen molar-refractivity contribution in [3.8, 4) is 11.4 Å². The third-order valence-electron chi connectivity index (χ3n) is 5.43. The highest BCUT2D eigenvalue weighted by atomic mass is 32.2. The van der Waals surface area contributed by atoms with Crippen molar-refractivity contribution >= 4 is 39.9 Å². The maximum Gasteiger partial charge on any atom is 0.311 e. The van der Waals surface area contributed by atoms with E-state index in [0.717, 1.165) is 17.3 Å². The van der Waals surface area contributed by atoms with Crippen molar-refractivity contribution in [2.24, 2.45) is 0 Å². The zero-order chi connectivity index (χ0) is 25.1. The minimum Gasteiger partial charge on any atom is -0.490 e. The summed E-state index contributed by atoms with van der Waals surface area (Å²) in [6, 6.07) is 17.3. The number of rotatable bonds is 7. The van der Waals surface area contributed by atoms with Crippen LogP contribution in [0.3, 0.4) is 0 Å². The van der Waals surface area contributed by atoms with Crippen molar-refractivity contribution in [1.82, 2.24) is 9.55 Å². The molecule has 1 amide bonds. The highest BCUT2D eigenvalue weighted by molar-refractivity contribution is 7.99. The molecule has 0 aliphatic carbocycles. The number of carbonyl (C=O) groups is 1. The number of fused-ring (bicyclic) bond motifs is 1. The molecule has 1 aromatic heterocycles. The van der Waals surface area contributed by atoms with Crippen molar-refractivity contribution in [1.29, 1.82) is 0 Å². The maximum atomic E-state index is 13.4. The summed E-state index contributed by atoms with van der Waals surface area (Å²) in [4.78, 5) is 41.5. The fourth-order valence-electron chi connectivity index (χ4n) is 3.67. The number of methoxy groups -OCH3 is 1. The van der Waals surface area contributed by atoms with Gasteiger partial charge in [0.1, 0.15) is 0 Å². The Morgan fingerprint density at radius 3 is 2.54 bits per heavy atom. The Morgan fingerprint density at radius 1 is 1.11 bits per heavy atom. The summed E-state index contributed by atoms with van der Waals surface area (Å²) >= 11 is 1.13. The molecule has 0 radical (unpaired) electrons. The lowest BCUT2D eigenvalue weighted by Gasteiger charge is -2.15. The van der Waals surface area contributed by atoms with Crippen LogP contribution in [0.4, 0.5) is 11.4 Å². The number of aryl methyl sites for hydroxylation is 2. The van der Waals surface area contributed by atoms with E-state index in [4.69, 9.17) is 4.74 Å². The van der Waals surface area contributed by atoms with E-state index < -0.39 is 4.92 Å². The Hall–Kier alpha value is -4.18. The molecule has 35 heavy (non-hydrogen) atoms. The fraction of sp³-hybridized carbons (Fsp3) is 0.160. The van der Waals surface area contributed by atoms with Crippen molar-refractivity contribution in [2.75, 3.05) is 18.2 Å². The van der Waals surface area contributed by atoms with Crippen molar-refractivity contribution < 1.29 is 14.5 Å². The number of nitro groups is 1. The first-order valence-electron chi connectivity index (χ1n) is 10.6. The predicted octanol–water partition coefficient (Wildman–Crippen LogP) is 4.65. The van der Waals surface area contributed by atoms with E-state index in [1.807, 2.05) is 31.2 Å². The SMILES string of the molecule is COc1cc(NC(=O)CSc2nc3ccccc3c(=O)n2-c2ccccc2C)c(C)cc1[N+](=O)[O-]. The van der Waals surface area contributed by atoms with Crippen molar-refractivity contribution in [3.05, 3.63) is 92.3 Å². The molecule has 0 saturated carbocycles. The first kappa shape index (κ1) is 24.0. The summed E-state index contributed by atoms with van der Waals surface area (Å²) in [5.74, 6) is -0.337. The number of thioether (sulfide) groups is 1. The van der Waals surface area contributed by atoms with Gasteiger partial charge in [0.25, 0.3) is 5.56 Å². The molecule has 0 aliphatic rings. The molecular formula is C25H22N4O5S. The van der Waals surface area contributed by atoms with Crippen LogP contribution in [0.5, 0.6) is 5.75 Å². The van der Waals surface area contributed by atoms with E-state index in [9.17, 15) is 19.7 Å². The Balaban J connectivity index is 1.65. The Labute approximate surface area is 204 Å². The van der Waals surface area contributed by atoms with Crippen LogP contribution >= 0.6 is 11.8 Å². The van der Waals surface area contributed by atoms with Crippen LogP contribution in [-0.4, -0.2) is 33.2 Å². The van der Waals surface area contributed by atoms with Gasteiger partial charge in [-0.3, -0.25) is 24.3 Å². The Kier molecular flexibility index (Phi) is 6.83. The Bertz CT molecular complexity index is 1520. The van der Waals surface area contributed by atoms with Crippen LogP contribution in [0.15, 0.2) is 70.6 Å². The van der Waals surface area contributed by atoms with E-state index in [-0.39, 0.29) is 28.7 Å². The normalized spacial score (nSPS) is 10.8. The average Bonchev–Trinajstić information content (AvgIpc) is 2.84. The number of hydrogen-bond acceptors (Lipinski definition) is 7. The summed E-state index contributed by atoms with van der Waals surface area (Å²) in [5.41, 5.74) is 2.66. The van der Waals surface area contributed by atoms with Crippen LogP contribution in [-0.2, 0) is 4.79 Å². The molecule has 0 bridgehead atoms. The van der Waals surface area contributed by atoms with E-state index in [0.29, 0.717) is 33.0 Å². The van der Waals surface area contributed by atoms with Gasteiger partial charge in [-0.15, -0.1) is 0 Å². The van der Waals surface area contributed by atoms with E-state index in [1.54, 1.807) is 31.2 Å². The highest BCUT2D eigenvalue weighted by Crippen LogP contribution is 2.33. The highest BCUT2D eigenvalue weighted by Gasteiger charge is 2.20. The molecule has 1 heterocycles. The van der Waals surface area contributed by atoms with Crippen LogP contribution in [0.25, 0.3) is 16.6 Å². The molecule has 1 N–H and O–H groups in total. The minimum atomic E-state index is -0.538. The smallest absolute Gasteiger partial charge is 0.311 e. The molecule has 178 valence electrons. The molecule has 10 heteroatoms. The van der Waals surface area contributed by atoms with Gasteiger partial charge >= 0.3 is 5.69 Å². The number of ether oxygens (including phenoxy) is 1. The molecule has 0 atom stereocenters. The number of benzene rings is 3. The largest absolute Gasteiger partial charge is 0.490 e. The topological polar surface area (TPSA) is 116 Å².